The number of amides is 1. The molecule has 2 aromatic carbocycles. The zero-order valence-corrected chi connectivity index (χ0v) is 18.9. The Morgan fingerprint density at radius 3 is 2.50 bits per heavy atom. The third-order valence-corrected chi connectivity index (χ3v) is 6.54. The lowest BCUT2D eigenvalue weighted by atomic mass is 10.1. The number of ether oxygens (including phenoxy) is 1. The molecule has 3 rings (SSSR count). The van der Waals surface area contributed by atoms with Crippen LogP contribution in [-0.4, -0.2) is 49.4 Å². The molecule has 0 aromatic heterocycles. The second kappa shape index (κ2) is 8.17. The van der Waals surface area contributed by atoms with E-state index < -0.39 is 39.6 Å². The Hall–Kier alpha value is -2.16. The van der Waals surface area contributed by atoms with Gasteiger partial charge in [0.05, 0.1) is 4.90 Å². The van der Waals surface area contributed by atoms with Crippen LogP contribution in [0.25, 0.3) is 10.8 Å². The van der Waals surface area contributed by atoms with E-state index in [1.54, 1.807) is 52.0 Å². The topological polar surface area (TPSA) is 92.8 Å². The van der Waals surface area contributed by atoms with E-state index in [1.165, 1.54) is 17.0 Å². The predicted octanol–water partition coefficient (Wildman–Crippen LogP) is 3.10. The number of sulfonamides is 1. The highest BCUT2D eigenvalue weighted by Crippen LogP contribution is 2.24. The van der Waals surface area contributed by atoms with E-state index in [4.69, 9.17) is 16.3 Å². The van der Waals surface area contributed by atoms with Crippen LogP contribution < -0.4 is 4.72 Å². The van der Waals surface area contributed by atoms with Crippen molar-refractivity contribution in [1.29, 1.82) is 0 Å². The first-order chi connectivity index (χ1) is 13.9. The molecule has 2 atom stereocenters. The van der Waals surface area contributed by atoms with Crippen molar-refractivity contribution in [2.75, 3.05) is 6.54 Å². The molecule has 1 saturated heterocycles. The van der Waals surface area contributed by atoms with E-state index in [0.29, 0.717) is 5.02 Å². The third-order valence-electron chi connectivity index (χ3n) is 4.84. The fraction of sp³-hybridized carbons (Fsp3) is 0.429. The summed E-state index contributed by atoms with van der Waals surface area (Å²) in [5, 5.41) is 2.10. The summed E-state index contributed by atoms with van der Waals surface area (Å²) in [6.07, 6.45) is 0.272. The largest absolute Gasteiger partial charge is 0.458 e. The van der Waals surface area contributed by atoms with Crippen LogP contribution in [0.2, 0.25) is 5.02 Å². The highest BCUT2D eigenvalue weighted by molar-refractivity contribution is 7.89. The van der Waals surface area contributed by atoms with Crippen molar-refractivity contribution < 1.29 is 22.7 Å². The molecule has 1 fully saturated rings. The molecule has 0 spiro atoms. The number of halogens is 1. The second-order valence-electron chi connectivity index (χ2n) is 8.36. The maximum absolute atomic E-state index is 12.8. The average Bonchev–Trinajstić information content (AvgIpc) is 2.99. The molecule has 30 heavy (non-hydrogen) atoms. The van der Waals surface area contributed by atoms with Gasteiger partial charge in [-0.05, 0) is 69.2 Å². The zero-order chi connectivity index (χ0) is 22.3. The molecular formula is C21H25ClN2O5S. The molecule has 0 saturated carbocycles. The number of carbonyl (C=O) groups excluding carboxylic acids is 2. The number of hydrogen-bond acceptors (Lipinski definition) is 5. The van der Waals surface area contributed by atoms with Crippen LogP contribution in [0.1, 0.15) is 34.1 Å². The number of esters is 1. The molecule has 1 heterocycles. The Morgan fingerprint density at radius 1 is 1.20 bits per heavy atom. The highest BCUT2D eigenvalue weighted by atomic mass is 35.5. The van der Waals surface area contributed by atoms with Gasteiger partial charge < -0.3 is 9.64 Å². The fourth-order valence-electron chi connectivity index (χ4n) is 3.33. The van der Waals surface area contributed by atoms with Gasteiger partial charge in [0.25, 0.3) is 0 Å². The molecule has 9 heteroatoms. The summed E-state index contributed by atoms with van der Waals surface area (Å²) >= 11 is 5.97. The van der Waals surface area contributed by atoms with Crippen LogP contribution >= 0.6 is 11.6 Å². The minimum atomic E-state index is -3.92. The first kappa shape index (κ1) is 22.5. The number of hydrogen-bond donors (Lipinski definition) is 1. The minimum absolute atomic E-state index is 0.0590. The Labute approximate surface area is 181 Å². The number of carbonyl (C=O) groups is 2. The molecule has 7 nitrogen and oxygen atoms in total. The molecule has 1 amide bonds. The third kappa shape index (κ3) is 4.94. The number of rotatable bonds is 5. The fourth-order valence-corrected chi connectivity index (χ4v) is 4.77. The molecule has 1 aliphatic heterocycles. The van der Waals surface area contributed by atoms with Crippen molar-refractivity contribution in [2.24, 2.45) is 0 Å². The zero-order valence-electron chi connectivity index (χ0n) is 17.3. The van der Waals surface area contributed by atoms with Crippen LogP contribution in [0.15, 0.2) is 41.3 Å². The van der Waals surface area contributed by atoms with Crippen molar-refractivity contribution in [3.8, 4) is 0 Å². The minimum Gasteiger partial charge on any atom is -0.458 e. The van der Waals surface area contributed by atoms with Crippen molar-refractivity contribution in [3.05, 3.63) is 41.4 Å². The summed E-state index contributed by atoms with van der Waals surface area (Å²) in [7, 11) is -3.92. The molecular weight excluding hydrogens is 428 g/mol. The lowest BCUT2D eigenvalue weighted by Gasteiger charge is -2.27. The summed E-state index contributed by atoms with van der Waals surface area (Å²) in [5.41, 5.74) is -0.671. The normalized spacial score (nSPS) is 18.6. The van der Waals surface area contributed by atoms with Crippen LogP contribution in [0.3, 0.4) is 0 Å². The van der Waals surface area contributed by atoms with Crippen molar-refractivity contribution in [2.45, 2.75) is 56.7 Å². The Morgan fingerprint density at radius 2 is 1.83 bits per heavy atom. The van der Waals surface area contributed by atoms with Gasteiger partial charge in [-0.1, -0.05) is 23.7 Å². The molecule has 0 unspecified atom stereocenters. The molecule has 0 bridgehead atoms. The Bertz CT molecular complexity index is 1090. The van der Waals surface area contributed by atoms with E-state index in [9.17, 15) is 18.0 Å². The standard InChI is InChI=1S/C21H25ClN2O5S/c1-13(20(26)29-21(2,3)4)24-10-9-18(19(24)25)23-30(27,28)17-8-6-14-11-16(22)7-5-15(14)12-17/h5-8,11-13,18,23H,9-10H2,1-4H3/t13-,18+/m0/s1. The monoisotopic (exact) mass is 452 g/mol. The quantitative estimate of drug-likeness (QED) is 0.703. The molecule has 0 radical (unpaired) electrons. The van der Waals surface area contributed by atoms with Crippen molar-refractivity contribution >= 4 is 44.3 Å². The van der Waals surface area contributed by atoms with Gasteiger partial charge in [0.1, 0.15) is 17.7 Å². The number of fused-ring (bicyclic) bond motifs is 1. The molecule has 1 aliphatic rings. The van der Waals surface area contributed by atoms with Crippen molar-refractivity contribution in [3.63, 3.8) is 0 Å². The SMILES string of the molecule is C[C@@H](C(=O)OC(C)(C)C)N1CC[C@@H](NS(=O)(=O)c2ccc3cc(Cl)ccc3c2)C1=O. The molecule has 2 aromatic rings. The molecule has 0 aliphatic carbocycles. The Balaban J connectivity index is 1.74. The van der Waals surface area contributed by atoms with E-state index in [2.05, 4.69) is 4.72 Å². The predicted molar refractivity (Wildman–Crippen MR) is 115 cm³/mol. The summed E-state index contributed by atoms with van der Waals surface area (Å²) < 4.78 is 33.5. The van der Waals surface area contributed by atoms with Crippen molar-refractivity contribution in [1.82, 2.24) is 9.62 Å². The van der Waals surface area contributed by atoms with Gasteiger partial charge in [-0.3, -0.25) is 4.79 Å². The number of benzene rings is 2. The average molecular weight is 453 g/mol. The first-order valence-electron chi connectivity index (χ1n) is 9.62. The Kier molecular flexibility index (Phi) is 6.13. The smallest absolute Gasteiger partial charge is 0.329 e. The summed E-state index contributed by atoms with van der Waals surface area (Å²) in [4.78, 5) is 26.5. The van der Waals surface area contributed by atoms with E-state index in [0.717, 1.165) is 10.8 Å². The number of nitrogens with one attached hydrogen (secondary N) is 1. The summed E-state index contributed by atoms with van der Waals surface area (Å²) in [6, 6.07) is 8.12. The summed E-state index contributed by atoms with van der Waals surface area (Å²) in [6.45, 7) is 7.09. The van der Waals surface area contributed by atoms with Gasteiger partial charge in [0, 0.05) is 11.6 Å². The number of likely N-dealkylation sites (tertiary alicyclic amines) is 1. The lowest BCUT2D eigenvalue weighted by molar-refractivity contribution is -0.163. The lowest BCUT2D eigenvalue weighted by Crippen LogP contribution is -2.47. The van der Waals surface area contributed by atoms with E-state index in [1.807, 2.05) is 0 Å². The first-order valence-corrected chi connectivity index (χ1v) is 11.5. The van der Waals surface area contributed by atoms with E-state index >= 15 is 0 Å². The number of nitrogens with zero attached hydrogens (tertiary/aromatic N) is 1. The van der Waals surface area contributed by atoms with Crippen LogP contribution in [0.5, 0.6) is 0 Å². The van der Waals surface area contributed by atoms with Crippen LogP contribution in [0, 0.1) is 0 Å². The van der Waals surface area contributed by atoms with Gasteiger partial charge in [0.2, 0.25) is 15.9 Å². The van der Waals surface area contributed by atoms with Gasteiger partial charge >= 0.3 is 5.97 Å². The van der Waals surface area contributed by atoms with Gasteiger partial charge in [-0.2, -0.15) is 4.72 Å². The van der Waals surface area contributed by atoms with Gasteiger partial charge in [-0.25, -0.2) is 13.2 Å². The van der Waals surface area contributed by atoms with Crippen LogP contribution in [-0.2, 0) is 24.3 Å². The van der Waals surface area contributed by atoms with Crippen LogP contribution in [0.4, 0.5) is 0 Å². The molecule has 162 valence electrons. The van der Waals surface area contributed by atoms with Gasteiger partial charge in [-0.15, -0.1) is 0 Å². The maximum Gasteiger partial charge on any atom is 0.329 e. The van der Waals surface area contributed by atoms with E-state index in [-0.39, 0.29) is 17.9 Å². The van der Waals surface area contributed by atoms with Gasteiger partial charge in [0.15, 0.2) is 0 Å². The maximum atomic E-state index is 12.8. The second-order valence-corrected chi connectivity index (χ2v) is 10.5. The highest BCUT2D eigenvalue weighted by Gasteiger charge is 2.40. The summed E-state index contributed by atoms with van der Waals surface area (Å²) in [5.74, 6) is -0.961. The molecule has 1 N–H and O–H groups in total.